The third-order valence-corrected chi connectivity index (χ3v) is 4.60. The van der Waals surface area contributed by atoms with Gasteiger partial charge < -0.3 is 11.1 Å². The fourth-order valence-corrected chi connectivity index (χ4v) is 3.11. The van der Waals surface area contributed by atoms with E-state index in [9.17, 15) is 19.2 Å². The number of nitrogens with one attached hydrogen (secondary N) is 3. The summed E-state index contributed by atoms with van der Waals surface area (Å²) in [6, 6.07) is 13.7. The second kappa shape index (κ2) is 9.53. The van der Waals surface area contributed by atoms with Crippen LogP contribution in [0.5, 0.6) is 0 Å². The van der Waals surface area contributed by atoms with Crippen molar-refractivity contribution in [2.75, 3.05) is 0 Å². The molecule has 3 aromatic rings. The highest BCUT2D eigenvalue weighted by molar-refractivity contribution is 6.05. The number of fused-ring (bicyclic) bond motifs is 1. The highest BCUT2D eigenvalue weighted by atomic mass is 16.2. The molecule has 4 amide bonds. The molecule has 1 aromatic heterocycles. The smallest absolute Gasteiger partial charge is 0.312 e. The topological polar surface area (TPSA) is 148 Å². The Balaban J connectivity index is 1.78. The molecule has 3 rings (SSSR count). The number of nitrogens with zero attached hydrogens (tertiary/aromatic N) is 2. The normalized spacial score (nSPS) is 11.5. The van der Waals surface area contributed by atoms with Gasteiger partial charge in [0, 0.05) is 18.4 Å². The Morgan fingerprint density at radius 1 is 1.00 bits per heavy atom. The molecular formula is C21H22N6O4. The van der Waals surface area contributed by atoms with E-state index in [0.717, 1.165) is 5.56 Å². The first-order valence-corrected chi connectivity index (χ1v) is 9.60. The van der Waals surface area contributed by atoms with E-state index in [1.54, 1.807) is 55.5 Å². The van der Waals surface area contributed by atoms with Gasteiger partial charge in [0.05, 0.1) is 5.39 Å². The molecule has 0 saturated carbocycles. The Morgan fingerprint density at radius 3 is 2.29 bits per heavy atom. The van der Waals surface area contributed by atoms with Crippen LogP contribution in [-0.4, -0.2) is 33.7 Å². The molecule has 10 nitrogen and oxygen atoms in total. The second-order valence-corrected chi connectivity index (χ2v) is 6.71. The minimum atomic E-state index is -1.01. The van der Waals surface area contributed by atoms with Gasteiger partial charge in [0.1, 0.15) is 6.04 Å². The summed E-state index contributed by atoms with van der Waals surface area (Å²) < 4.78 is 1.17. The summed E-state index contributed by atoms with van der Waals surface area (Å²) >= 11 is 0. The predicted molar refractivity (Wildman–Crippen MR) is 114 cm³/mol. The van der Waals surface area contributed by atoms with Gasteiger partial charge in [-0.3, -0.25) is 25.2 Å². The Bertz CT molecular complexity index is 1180. The number of hydrazine groups is 1. The fourth-order valence-electron chi connectivity index (χ4n) is 3.11. The molecule has 0 aliphatic carbocycles. The highest BCUT2D eigenvalue weighted by Gasteiger charge is 2.22. The van der Waals surface area contributed by atoms with E-state index in [1.807, 2.05) is 6.07 Å². The summed E-state index contributed by atoms with van der Waals surface area (Å²) in [5.74, 6) is -1.37. The van der Waals surface area contributed by atoms with E-state index in [1.165, 1.54) is 4.68 Å². The maximum Gasteiger partial charge on any atom is 0.312 e. The number of carbonyl (C=O) groups is 3. The van der Waals surface area contributed by atoms with Gasteiger partial charge >= 0.3 is 6.03 Å². The largest absolute Gasteiger partial charge is 0.352 e. The standard InChI is InChI=1S/C21H22N6O4/c1-2-27-20(30)15-11-7-6-10-14(15)17(26-27)19(29)25-24-18(28)16(23-21(22)31)12-13-8-4-3-5-9-13/h3-11,16H,2,12H2,1H3,(H,24,28)(H,25,29)(H3,22,23,31)/t16-/m1/s1. The molecular weight excluding hydrogens is 400 g/mol. The van der Waals surface area contributed by atoms with E-state index in [-0.39, 0.29) is 24.2 Å². The fraction of sp³-hybridized carbons (Fsp3) is 0.190. The zero-order valence-corrected chi connectivity index (χ0v) is 16.8. The zero-order valence-electron chi connectivity index (χ0n) is 16.8. The summed E-state index contributed by atoms with van der Waals surface area (Å²) in [5.41, 5.74) is 10.2. The first-order valence-electron chi connectivity index (χ1n) is 9.60. The van der Waals surface area contributed by atoms with Gasteiger partial charge in [0.25, 0.3) is 17.4 Å². The summed E-state index contributed by atoms with van der Waals surface area (Å²) in [6.45, 7) is 2.01. The van der Waals surface area contributed by atoms with Crippen molar-refractivity contribution in [3.05, 3.63) is 76.2 Å². The number of amides is 4. The van der Waals surface area contributed by atoms with Crippen molar-refractivity contribution < 1.29 is 14.4 Å². The Morgan fingerprint density at radius 2 is 1.65 bits per heavy atom. The molecule has 0 aliphatic rings. The minimum absolute atomic E-state index is 0.0141. The molecule has 1 atom stereocenters. The molecule has 1 heterocycles. The van der Waals surface area contributed by atoms with Crippen molar-refractivity contribution in [1.29, 1.82) is 0 Å². The lowest BCUT2D eigenvalue weighted by Crippen LogP contribution is -2.54. The highest BCUT2D eigenvalue weighted by Crippen LogP contribution is 2.13. The third kappa shape index (κ3) is 5.04. The molecule has 5 N–H and O–H groups in total. The maximum atomic E-state index is 12.7. The van der Waals surface area contributed by atoms with Crippen LogP contribution in [0.25, 0.3) is 10.8 Å². The van der Waals surface area contributed by atoms with Crippen LogP contribution in [0.2, 0.25) is 0 Å². The van der Waals surface area contributed by atoms with Gasteiger partial charge in [-0.15, -0.1) is 0 Å². The summed E-state index contributed by atoms with van der Waals surface area (Å²) in [5, 5.41) is 7.17. The molecule has 2 aromatic carbocycles. The van der Waals surface area contributed by atoms with Crippen LogP contribution in [0.4, 0.5) is 4.79 Å². The van der Waals surface area contributed by atoms with E-state index in [2.05, 4.69) is 21.3 Å². The van der Waals surface area contributed by atoms with Gasteiger partial charge in [-0.1, -0.05) is 48.5 Å². The van der Waals surface area contributed by atoms with Crippen molar-refractivity contribution in [2.45, 2.75) is 25.9 Å². The quantitative estimate of drug-likeness (QED) is 0.426. The van der Waals surface area contributed by atoms with Crippen LogP contribution >= 0.6 is 0 Å². The van der Waals surface area contributed by atoms with Gasteiger partial charge in [-0.05, 0) is 18.6 Å². The average Bonchev–Trinajstić information content (AvgIpc) is 2.77. The van der Waals surface area contributed by atoms with Crippen molar-refractivity contribution in [3.63, 3.8) is 0 Å². The van der Waals surface area contributed by atoms with Gasteiger partial charge in [-0.2, -0.15) is 5.10 Å². The van der Waals surface area contributed by atoms with Gasteiger partial charge in [-0.25, -0.2) is 9.48 Å². The maximum absolute atomic E-state index is 12.7. The van der Waals surface area contributed by atoms with Crippen LogP contribution in [0.3, 0.4) is 0 Å². The van der Waals surface area contributed by atoms with E-state index in [0.29, 0.717) is 10.8 Å². The molecule has 0 radical (unpaired) electrons. The molecule has 0 spiro atoms. The molecule has 0 unspecified atom stereocenters. The predicted octanol–water partition coefficient (Wildman–Crippen LogP) is 0.457. The van der Waals surface area contributed by atoms with Crippen LogP contribution in [0, 0.1) is 0 Å². The van der Waals surface area contributed by atoms with E-state index < -0.39 is 23.9 Å². The Hall–Kier alpha value is -4.21. The molecule has 0 bridgehead atoms. The summed E-state index contributed by atoms with van der Waals surface area (Å²) in [6.07, 6.45) is 0.174. The van der Waals surface area contributed by atoms with Gasteiger partial charge in [0.15, 0.2) is 5.69 Å². The zero-order chi connectivity index (χ0) is 22.4. The molecule has 0 saturated heterocycles. The number of hydrogen-bond acceptors (Lipinski definition) is 5. The van der Waals surface area contributed by atoms with Crippen molar-refractivity contribution >= 4 is 28.6 Å². The van der Waals surface area contributed by atoms with Gasteiger partial charge in [0.2, 0.25) is 0 Å². The lowest BCUT2D eigenvalue weighted by Gasteiger charge is -2.18. The molecule has 0 aliphatic heterocycles. The van der Waals surface area contributed by atoms with Crippen LogP contribution in [0.1, 0.15) is 23.0 Å². The number of urea groups is 1. The minimum Gasteiger partial charge on any atom is -0.352 e. The number of aromatic nitrogens is 2. The average molecular weight is 422 g/mol. The number of rotatable bonds is 6. The van der Waals surface area contributed by atoms with Crippen molar-refractivity contribution in [1.82, 2.24) is 25.9 Å². The molecule has 31 heavy (non-hydrogen) atoms. The Labute approximate surface area is 177 Å². The first kappa shape index (κ1) is 21.5. The van der Waals surface area contributed by atoms with Crippen LogP contribution < -0.4 is 27.5 Å². The molecule has 160 valence electrons. The number of primary amides is 1. The third-order valence-electron chi connectivity index (χ3n) is 4.60. The summed E-state index contributed by atoms with van der Waals surface area (Å²) in [7, 11) is 0. The lowest BCUT2D eigenvalue weighted by atomic mass is 10.1. The number of hydrogen-bond donors (Lipinski definition) is 4. The number of aryl methyl sites for hydroxylation is 1. The van der Waals surface area contributed by atoms with E-state index in [4.69, 9.17) is 5.73 Å². The monoisotopic (exact) mass is 422 g/mol. The summed E-state index contributed by atoms with van der Waals surface area (Å²) in [4.78, 5) is 49.0. The number of benzene rings is 2. The SMILES string of the molecule is CCn1nc(C(=O)NNC(=O)[C@@H](Cc2ccccc2)NC(N)=O)c2ccccc2c1=O. The molecule has 0 fully saturated rings. The number of nitrogens with two attached hydrogens (primary N) is 1. The van der Waals surface area contributed by atoms with Crippen molar-refractivity contribution in [3.8, 4) is 0 Å². The number of carbonyl (C=O) groups excluding carboxylic acids is 3. The lowest BCUT2D eigenvalue weighted by molar-refractivity contribution is -0.123. The van der Waals surface area contributed by atoms with Crippen LogP contribution in [0.15, 0.2) is 59.4 Å². The van der Waals surface area contributed by atoms with E-state index >= 15 is 0 Å². The van der Waals surface area contributed by atoms with Crippen LogP contribution in [-0.2, 0) is 17.8 Å². The first-order chi connectivity index (χ1) is 14.9. The van der Waals surface area contributed by atoms with Crippen molar-refractivity contribution in [2.24, 2.45) is 5.73 Å². The Kier molecular flexibility index (Phi) is 6.61. The molecule has 10 heteroatoms. The second-order valence-electron chi connectivity index (χ2n) is 6.71.